The van der Waals surface area contributed by atoms with Gasteiger partial charge in [0.2, 0.25) is 5.91 Å². The van der Waals surface area contributed by atoms with Crippen LogP contribution in [0.5, 0.6) is 5.75 Å². The molecule has 0 bridgehead atoms. The predicted octanol–water partition coefficient (Wildman–Crippen LogP) is 4.32. The van der Waals surface area contributed by atoms with Crippen molar-refractivity contribution in [2.75, 3.05) is 26.2 Å². The molecule has 1 saturated heterocycles. The fourth-order valence-electron chi connectivity index (χ4n) is 6.43. The number of piperidine rings is 1. The van der Waals surface area contributed by atoms with Crippen LogP contribution in [-0.4, -0.2) is 54.0 Å². The van der Waals surface area contributed by atoms with E-state index >= 15 is 0 Å². The molecule has 5 nitrogen and oxygen atoms in total. The topological polar surface area (TPSA) is 58.8 Å². The summed E-state index contributed by atoms with van der Waals surface area (Å²) in [5, 5.41) is 0. The van der Waals surface area contributed by atoms with E-state index in [9.17, 15) is 4.79 Å². The number of carbonyl (C=O) groups is 1. The van der Waals surface area contributed by atoms with Gasteiger partial charge in [-0.05, 0) is 101 Å². The van der Waals surface area contributed by atoms with Gasteiger partial charge in [-0.1, -0.05) is 19.9 Å². The number of hydrogen-bond acceptors (Lipinski definition) is 4. The maximum atomic E-state index is 13.7. The van der Waals surface area contributed by atoms with Crippen LogP contribution >= 0.6 is 0 Å². The quantitative estimate of drug-likeness (QED) is 0.714. The van der Waals surface area contributed by atoms with E-state index in [0.717, 1.165) is 43.5 Å². The van der Waals surface area contributed by atoms with E-state index < -0.39 is 5.41 Å². The lowest BCUT2D eigenvalue weighted by molar-refractivity contribution is -0.142. The van der Waals surface area contributed by atoms with Gasteiger partial charge < -0.3 is 20.3 Å². The van der Waals surface area contributed by atoms with Crippen LogP contribution in [0.15, 0.2) is 18.2 Å². The molecule has 2 N–H and O–H groups in total. The van der Waals surface area contributed by atoms with Gasteiger partial charge in [-0.25, -0.2) is 0 Å². The third kappa shape index (κ3) is 4.56. The van der Waals surface area contributed by atoms with Gasteiger partial charge >= 0.3 is 0 Å². The van der Waals surface area contributed by atoms with Gasteiger partial charge in [-0.15, -0.1) is 0 Å². The van der Waals surface area contributed by atoms with Crippen molar-refractivity contribution in [3.05, 3.63) is 29.3 Å². The van der Waals surface area contributed by atoms with Gasteiger partial charge in [0.25, 0.3) is 0 Å². The van der Waals surface area contributed by atoms with Crippen molar-refractivity contribution in [3.63, 3.8) is 0 Å². The first-order valence-electron chi connectivity index (χ1n) is 12.9. The molecule has 0 atom stereocenters. The van der Waals surface area contributed by atoms with Crippen molar-refractivity contribution < 1.29 is 9.53 Å². The summed E-state index contributed by atoms with van der Waals surface area (Å²) in [5.41, 5.74) is 7.95. The number of likely N-dealkylation sites (tertiary alicyclic amines) is 1. The smallest absolute Gasteiger partial charge is 0.233 e. The minimum absolute atomic E-state index is 0.140. The molecule has 0 radical (unpaired) electrons. The summed E-state index contributed by atoms with van der Waals surface area (Å²) in [6.07, 6.45) is 7.30. The summed E-state index contributed by atoms with van der Waals surface area (Å²) < 4.78 is 5.96. The van der Waals surface area contributed by atoms with Crippen molar-refractivity contribution in [2.45, 2.75) is 90.3 Å². The Morgan fingerprint density at radius 3 is 2.38 bits per heavy atom. The highest BCUT2D eigenvalue weighted by Crippen LogP contribution is 2.45. The molecule has 0 unspecified atom stereocenters. The van der Waals surface area contributed by atoms with Crippen LogP contribution in [0.3, 0.4) is 0 Å². The van der Waals surface area contributed by atoms with E-state index in [1.54, 1.807) is 0 Å². The fraction of sp³-hybridized carbons (Fsp3) is 0.741. The Morgan fingerprint density at radius 1 is 1.09 bits per heavy atom. The normalized spacial score (nSPS) is 26.1. The number of nitrogens with zero attached hydrogens (tertiary/aromatic N) is 2. The van der Waals surface area contributed by atoms with Gasteiger partial charge in [0.05, 0.1) is 11.5 Å². The Balaban J connectivity index is 1.53. The maximum Gasteiger partial charge on any atom is 0.233 e. The van der Waals surface area contributed by atoms with Gasteiger partial charge in [0.15, 0.2) is 0 Å². The third-order valence-electron chi connectivity index (χ3n) is 8.27. The fourth-order valence-corrected chi connectivity index (χ4v) is 6.43. The lowest BCUT2D eigenvalue weighted by atomic mass is 9.67. The van der Waals surface area contributed by atoms with Crippen LogP contribution in [-0.2, 0) is 16.8 Å². The molecule has 5 heteroatoms. The van der Waals surface area contributed by atoms with Crippen LogP contribution in [0.1, 0.15) is 77.3 Å². The van der Waals surface area contributed by atoms with E-state index in [0.29, 0.717) is 25.7 Å². The van der Waals surface area contributed by atoms with E-state index in [4.69, 9.17) is 10.5 Å². The first-order chi connectivity index (χ1) is 15.3. The van der Waals surface area contributed by atoms with Crippen molar-refractivity contribution in [2.24, 2.45) is 17.6 Å². The molecular weight excluding hydrogens is 398 g/mol. The van der Waals surface area contributed by atoms with Crippen molar-refractivity contribution in [1.29, 1.82) is 0 Å². The Hall–Kier alpha value is -1.59. The van der Waals surface area contributed by atoms with Crippen LogP contribution in [0, 0.1) is 11.8 Å². The lowest BCUT2D eigenvalue weighted by Crippen LogP contribution is -2.57. The summed E-state index contributed by atoms with van der Waals surface area (Å²) in [5.74, 6) is 2.88. The first kappa shape index (κ1) is 23.6. The van der Waals surface area contributed by atoms with Crippen LogP contribution in [0.4, 0.5) is 0 Å². The number of amides is 1. The molecule has 178 valence electrons. The Bertz CT molecular complexity index is 790. The summed E-state index contributed by atoms with van der Waals surface area (Å²) in [4.78, 5) is 18.4. The zero-order valence-electron chi connectivity index (χ0n) is 20.6. The number of carbonyl (C=O) groups excluding carboxylic acids is 1. The second-order valence-corrected chi connectivity index (χ2v) is 10.9. The molecule has 1 amide bonds. The number of rotatable bonds is 6. The Labute approximate surface area is 194 Å². The van der Waals surface area contributed by atoms with E-state index in [1.165, 1.54) is 36.8 Å². The predicted molar refractivity (Wildman–Crippen MR) is 130 cm³/mol. The Morgan fingerprint density at radius 2 is 1.78 bits per heavy atom. The SMILES string of the molecule is CC(C)Oc1ccc2c(c1)CN(CCN)C(=O)C21CCN(C2CCC(C(C)C)CC2)CC1. The number of ether oxygens (including phenoxy) is 1. The standard InChI is InChI=1S/C27H43N3O2/c1-19(2)21-5-7-23(8-6-21)29-14-11-27(12-15-29)25-10-9-24(32-20(3)4)17-22(25)18-30(16-13-28)26(27)31/h9-10,17,19-21,23H,5-8,11-16,18,28H2,1-4H3. The second-order valence-electron chi connectivity index (χ2n) is 10.9. The highest BCUT2D eigenvalue weighted by Gasteiger charge is 2.49. The van der Waals surface area contributed by atoms with Gasteiger partial charge in [-0.3, -0.25) is 4.79 Å². The molecule has 1 aromatic rings. The maximum absolute atomic E-state index is 13.7. The summed E-state index contributed by atoms with van der Waals surface area (Å²) in [6, 6.07) is 7.09. The minimum Gasteiger partial charge on any atom is -0.491 e. The average molecular weight is 442 g/mol. The van der Waals surface area contributed by atoms with Crippen LogP contribution in [0.25, 0.3) is 0 Å². The molecule has 3 aliphatic rings. The summed E-state index contributed by atoms with van der Waals surface area (Å²) >= 11 is 0. The number of hydrogen-bond donors (Lipinski definition) is 1. The number of fused-ring (bicyclic) bond motifs is 2. The molecular formula is C27H43N3O2. The van der Waals surface area contributed by atoms with Crippen molar-refractivity contribution in [1.82, 2.24) is 9.80 Å². The molecule has 2 heterocycles. The van der Waals surface area contributed by atoms with E-state index in [2.05, 4.69) is 50.8 Å². The van der Waals surface area contributed by atoms with Crippen LogP contribution < -0.4 is 10.5 Å². The van der Waals surface area contributed by atoms with Crippen LogP contribution in [0.2, 0.25) is 0 Å². The molecule has 2 fully saturated rings. The highest BCUT2D eigenvalue weighted by molar-refractivity contribution is 5.90. The minimum atomic E-state index is -0.398. The van der Waals surface area contributed by atoms with E-state index in [1.807, 2.05) is 4.90 Å². The second kappa shape index (κ2) is 9.72. The highest BCUT2D eigenvalue weighted by atomic mass is 16.5. The van der Waals surface area contributed by atoms with E-state index in [-0.39, 0.29) is 12.0 Å². The first-order valence-corrected chi connectivity index (χ1v) is 12.9. The molecule has 0 aromatic heterocycles. The summed E-state index contributed by atoms with van der Waals surface area (Å²) in [6.45, 7) is 12.6. The average Bonchev–Trinajstić information content (AvgIpc) is 2.77. The number of benzene rings is 1. The molecule has 1 aliphatic carbocycles. The molecule has 2 aliphatic heterocycles. The third-order valence-corrected chi connectivity index (χ3v) is 8.27. The number of nitrogens with two attached hydrogens (primary N) is 1. The van der Waals surface area contributed by atoms with Gasteiger partial charge in [0.1, 0.15) is 5.75 Å². The monoisotopic (exact) mass is 441 g/mol. The molecule has 4 rings (SSSR count). The molecule has 1 saturated carbocycles. The molecule has 1 spiro atoms. The Kier molecular flexibility index (Phi) is 7.16. The van der Waals surface area contributed by atoms with Gasteiger partial charge in [-0.2, -0.15) is 0 Å². The largest absolute Gasteiger partial charge is 0.491 e. The summed E-state index contributed by atoms with van der Waals surface area (Å²) in [7, 11) is 0. The molecule has 32 heavy (non-hydrogen) atoms. The zero-order chi connectivity index (χ0) is 22.9. The van der Waals surface area contributed by atoms with Gasteiger partial charge in [0, 0.05) is 25.7 Å². The van der Waals surface area contributed by atoms with Crippen molar-refractivity contribution >= 4 is 5.91 Å². The zero-order valence-corrected chi connectivity index (χ0v) is 20.6. The van der Waals surface area contributed by atoms with Crippen molar-refractivity contribution in [3.8, 4) is 5.75 Å². The lowest BCUT2D eigenvalue weighted by Gasteiger charge is -2.49. The molecule has 1 aromatic carbocycles.